The van der Waals surface area contributed by atoms with Crippen LogP contribution < -0.4 is 9.47 Å². The van der Waals surface area contributed by atoms with Crippen LogP contribution in [-0.2, 0) is 10.2 Å². The molecule has 1 fully saturated rings. The third-order valence-corrected chi connectivity index (χ3v) is 6.20. The van der Waals surface area contributed by atoms with Gasteiger partial charge in [-0.3, -0.25) is 4.79 Å². The molecule has 4 rings (SSSR count). The van der Waals surface area contributed by atoms with Gasteiger partial charge in [-0.15, -0.1) is 0 Å². The van der Waals surface area contributed by atoms with Crippen molar-refractivity contribution in [2.45, 2.75) is 18.3 Å². The Bertz CT molecular complexity index is 1290. The summed E-state index contributed by atoms with van der Waals surface area (Å²) in [5.41, 5.74) is 2.02. The van der Waals surface area contributed by atoms with Crippen molar-refractivity contribution in [3.8, 4) is 29.1 Å². The first-order chi connectivity index (χ1) is 16.9. The molecule has 0 aromatic heterocycles. The second-order valence-corrected chi connectivity index (χ2v) is 8.44. The number of nitrogens with zero attached hydrogens (tertiary/aromatic N) is 1. The minimum absolute atomic E-state index is 0.0378. The van der Waals surface area contributed by atoms with Gasteiger partial charge in [-0.1, -0.05) is 42.5 Å². The molecule has 0 aliphatic heterocycles. The van der Waals surface area contributed by atoms with Crippen LogP contribution >= 0.6 is 0 Å². The lowest BCUT2D eigenvalue weighted by Gasteiger charge is -2.33. The first-order valence-electron chi connectivity index (χ1n) is 11.1. The van der Waals surface area contributed by atoms with E-state index >= 15 is 0 Å². The number of rotatable bonds is 5. The maximum Gasteiger partial charge on any atom is 0.185 e. The van der Waals surface area contributed by atoms with E-state index in [-0.39, 0.29) is 30.1 Å². The zero-order valence-corrected chi connectivity index (χ0v) is 19.5. The molecule has 0 spiro atoms. The van der Waals surface area contributed by atoms with Gasteiger partial charge in [-0.25, -0.2) is 0 Å². The Morgan fingerprint density at radius 3 is 1.71 bits per heavy atom. The van der Waals surface area contributed by atoms with Crippen LogP contribution in [0.2, 0.25) is 0 Å². The molecule has 3 aromatic rings. The highest BCUT2D eigenvalue weighted by atomic mass is 16.5. The normalized spacial score (nSPS) is 20.0. The molecule has 0 heterocycles. The predicted molar refractivity (Wildman–Crippen MR) is 133 cm³/mol. The first kappa shape index (κ1) is 23.7. The standard InChI is InChI=1S/C29H25NO5/c1-34-26-10-8-19(14-24(26)31)12-21-16-29(18-30,23-6-4-3-5-7-23)17-22(28(21)33)13-20-9-11-27(35-2)25(32)15-20/h3-15,31-32H,16-17H2,1-2H3/b21-12-,22-13-. The van der Waals surface area contributed by atoms with Gasteiger partial charge in [0.2, 0.25) is 0 Å². The van der Waals surface area contributed by atoms with Crippen LogP contribution in [0.1, 0.15) is 29.5 Å². The van der Waals surface area contributed by atoms with Gasteiger partial charge in [-0.05, 0) is 65.9 Å². The number of hydrogen-bond acceptors (Lipinski definition) is 6. The van der Waals surface area contributed by atoms with Crippen LogP contribution in [0.5, 0.6) is 23.0 Å². The average Bonchev–Trinajstić information content (AvgIpc) is 2.87. The fourth-order valence-corrected chi connectivity index (χ4v) is 4.41. The van der Waals surface area contributed by atoms with Crippen molar-refractivity contribution < 1.29 is 24.5 Å². The van der Waals surface area contributed by atoms with Crippen LogP contribution in [0.3, 0.4) is 0 Å². The first-order valence-corrected chi connectivity index (χ1v) is 11.1. The lowest BCUT2D eigenvalue weighted by molar-refractivity contribution is -0.113. The summed E-state index contributed by atoms with van der Waals surface area (Å²) in [5.74, 6) is 0.404. The number of phenolic OH excluding ortho intramolecular Hbond substituents is 2. The highest BCUT2D eigenvalue weighted by Crippen LogP contribution is 2.44. The second-order valence-electron chi connectivity index (χ2n) is 8.44. The highest BCUT2D eigenvalue weighted by molar-refractivity contribution is 6.14. The summed E-state index contributed by atoms with van der Waals surface area (Å²) in [6, 6.07) is 21.7. The Labute approximate surface area is 204 Å². The number of ketones is 1. The molecular formula is C29H25NO5. The molecule has 1 aliphatic carbocycles. The van der Waals surface area contributed by atoms with E-state index in [2.05, 4.69) is 6.07 Å². The molecular weight excluding hydrogens is 442 g/mol. The molecule has 176 valence electrons. The molecule has 35 heavy (non-hydrogen) atoms. The Morgan fingerprint density at radius 1 is 0.829 bits per heavy atom. The van der Waals surface area contributed by atoms with Gasteiger partial charge in [0, 0.05) is 11.1 Å². The maximum atomic E-state index is 13.6. The van der Waals surface area contributed by atoms with E-state index < -0.39 is 5.41 Å². The molecule has 6 nitrogen and oxygen atoms in total. The van der Waals surface area contributed by atoms with Crippen molar-refractivity contribution in [2.75, 3.05) is 14.2 Å². The van der Waals surface area contributed by atoms with E-state index in [1.807, 2.05) is 30.3 Å². The largest absolute Gasteiger partial charge is 0.504 e. The minimum Gasteiger partial charge on any atom is -0.504 e. The van der Waals surface area contributed by atoms with Crippen molar-refractivity contribution in [3.05, 3.63) is 94.6 Å². The molecule has 1 aliphatic rings. The predicted octanol–water partition coefficient (Wildman–Crippen LogP) is 5.41. The third-order valence-electron chi connectivity index (χ3n) is 6.20. The molecule has 3 aromatic carbocycles. The number of nitriles is 1. The molecule has 0 saturated heterocycles. The number of aromatic hydroxyl groups is 2. The number of Topliss-reactive ketones (excluding diaryl/α,β-unsaturated/α-hetero) is 1. The lowest BCUT2D eigenvalue weighted by atomic mass is 9.66. The Kier molecular flexibility index (Phi) is 6.61. The van der Waals surface area contributed by atoms with Crippen molar-refractivity contribution in [1.82, 2.24) is 0 Å². The zero-order chi connectivity index (χ0) is 25.0. The summed E-state index contributed by atoms with van der Waals surface area (Å²) in [6.07, 6.45) is 3.86. The molecule has 0 amide bonds. The van der Waals surface area contributed by atoms with E-state index in [0.29, 0.717) is 33.8 Å². The van der Waals surface area contributed by atoms with Gasteiger partial charge in [0.25, 0.3) is 0 Å². The minimum atomic E-state index is -0.949. The van der Waals surface area contributed by atoms with Crippen LogP contribution in [0, 0.1) is 11.3 Å². The van der Waals surface area contributed by atoms with Crippen LogP contribution in [0.4, 0.5) is 0 Å². The lowest BCUT2D eigenvalue weighted by Crippen LogP contribution is -2.33. The summed E-state index contributed by atoms with van der Waals surface area (Å²) in [6.45, 7) is 0. The quantitative estimate of drug-likeness (QED) is 0.487. The van der Waals surface area contributed by atoms with E-state index in [1.54, 1.807) is 36.4 Å². The third kappa shape index (κ3) is 4.75. The topological polar surface area (TPSA) is 99.8 Å². The molecule has 0 atom stereocenters. The monoisotopic (exact) mass is 467 g/mol. The zero-order valence-electron chi connectivity index (χ0n) is 19.5. The van der Waals surface area contributed by atoms with E-state index in [1.165, 1.54) is 26.4 Å². The van der Waals surface area contributed by atoms with Gasteiger partial charge in [-0.2, -0.15) is 5.26 Å². The summed E-state index contributed by atoms with van der Waals surface area (Å²) < 4.78 is 10.2. The molecule has 1 saturated carbocycles. The van der Waals surface area contributed by atoms with Gasteiger partial charge >= 0.3 is 0 Å². The smallest absolute Gasteiger partial charge is 0.185 e. The number of ether oxygens (including phenoxy) is 2. The number of methoxy groups -OCH3 is 2. The van der Waals surface area contributed by atoms with Crippen LogP contribution in [0.25, 0.3) is 12.2 Å². The number of allylic oxidation sites excluding steroid dienone is 2. The van der Waals surface area contributed by atoms with Crippen LogP contribution in [-0.4, -0.2) is 30.2 Å². The van der Waals surface area contributed by atoms with E-state index in [4.69, 9.17) is 9.47 Å². The van der Waals surface area contributed by atoms with Gasteiger partial charge in [0.05, 0.1) is 25.7 Å². The number of carbonyl (C=O) groups excluding carboxylic acids is 1. The molecule has 0 radical (unpaired) electrons. The summed E-state index contributed by atoms with van der Waals surface area (Å²) in [7, 11) is 2.93. The summed E-state index contributed by atoms with van der Waals surface area (Å²) >= 11 is 0. The van der Waals surface area contributed by atoms with E-state index in [0.717, 1.165) is 5.56 Å². The average molecular weight is 468 g/mol. The molecule has 0 unspecified atom stereocenters. The molecule has 0 bridgehead atoms. The van der Waals surface area contributed by atoms with Gasteiger partial charge in [0.1, 0.15) is 0 Å². The maximum absolute atomic E-state index is 13.6. The number of carbonyl (C=O) groups is 1. The molecule has 6 heteroatoms. The summed E-state index contributed by atoms with van der Waals surface area (Å²) in [4.78, 5) is 13.6. The van der Waals surface area contributed by atoms with E-state index in [9.17, 15) is 20.3 Å². The summed E-state index contributed by atoms with van der Waals surface area (Å²) in [5, 5.41) is 30.7. The number of phenols is 2. The van der Waals surface area contributed by atoms with Crippen LogP contribution in [0.15, 0.2) is 77.9 Å². The second kappa shape index (κ2) is 9.78. The molecule has 2 N–H and O–H groups in total. The Morgan fingerprint density at radius 2 is 1.31 bits per heavy atom. The highest BCUT2D eigenvalue weighted by Gasteiger charge is 2.41. The van der Waals surface area contributed by atoms with Gasteiger partial charge < -0.3 is 19.7 Å². The SMILES string of the molecule is COc1ccc(/C=C2/CC(C#N)(c3ccccc3)C/C(=C/c3ccc(OC)c(O)c3)C2=O)cc1O. The van der Waals surface area contributed by atoms with Crippen molar-refractivity contribution >= 4 is 17.9 Å². The number of hydrogen-bond donors (Lipinski definition) is 2. The van der Waals surface area contributed by atoms with Crippen molar-refractivity contribution in [2.24, 2.45) is 0 Å². The Hall–Kier alpha value is -4.50. The fourth-order valence-electron chi connectivity index (χ4n) is 4.41. The Balaban J connectivity index is 1.84. The fraction of sp³-hybridized carbons (Fsp3) is 0.172. The van der Waals surface area contributed by atoms with Gasteiger partial charge in [0.15, 0.2) is 28.8 Å². The van der Waals surface area contributed by atoms with Crippen molar-refractivity contribution in [1.29, 1.82) is 5.26 Å². The number of benzene rings is 3. The van der Waals surface area contributed by atoms with Crippen molar-refractivity contribution in [3.63, 3.8) is 0 Å².